The van der Waals surface area contributed by atoms with E-state index in [0.717, 1.165) is 28.4 Å². The van der Waals surface area contributed by atoms with Crippen LogP contribution >= 0.6 is 11.3 Å². The Bertz CT molecular complexity index is 578. The molecule has 4 nitrogen and oxygen atoms in total. The van der Waals surface area contributed by atoms with E-state index in [1.165, 1.54) is 11.3 Å². The molecule has 1 saturated carbocycles. The number of hydrogen-bond donors (Lipinski definition) is 2. The Hall–Kier alpha value is -1.36. The van der Waals surface area contributed by atoms with Crippen molar-refractivity contribution >= 4 is 33.3 Å². The summed E-state index contributed by atoms with van der Waals surface area (Å²) < 4.78 is 0. The Morgan fingerprint density at radius 3 is 2.83 bits per heavy atom. The van der Waals surface area contributed by atoms with Crippen molar-refractivity contribution in [1.82, 2.24) is 9.97 Å². The molecule has 0 bridgehead atoms. The van der Waals surface area contributed by atoms with Gasteiger partial charge in [0.1, 0.15) is 10.6 Å². The summed E-state index contributed by atoms with van der Waals surface area (Å²) in [5.74, 6) is 2.44. The van der Waals surface area contributed by atoms with Gasteiger partial charge in [-0.1, -0.05) is 13.8 Å². The van der Waals surface area contributed by atoms with E-state index >= 15 is 0 Å². The molecule has 1 fully saturated rings. The van der Waals surface area contributed by atoms with E-state index < -0.39 is 0 Å². The summed E-state index contributed by atoms with van der Waals surface area (Å²) in [7, 11) is 1.86. The van der Waals surface area contributed by atoms with Crippen LogP contribution in [-0.2, 0) is 6.42 Å². The summed E-state index contributed by atoms with van der Waals surface area (Å²) in [4.78, 5) is 11.5. The van der Waals surface area contributed by atoms with Gasteiger partial charge in [-0.25, -0.2) is 4.98 Å². The molecule has 2 atom stereocenters. The van der Waals surface area contributed by atoms with Gasteiger partial charge in [0.05, 0.1) is 5.39 Å². The number of aromatic nitrogens is 2. The molecule has 0 spiro atoms. The second kappa shape index (κ2) is 4.39. The maximum atomic E-state index is 4.55. The average molecular weight is 262 g/mol. The quantitative estimate of drug-likeness (QED) is 0.889. The van der Waals surface area contributed by atoms with Crippen molar-refractivity contribution in [1.29, 1.82) is 0 Å². The average Bonchev–Trinajstić information content (AvgIpc) is 2.92. The van der Waals surface area contributed by atoms with Gasteiger partial charge in [-0.15, -0.1) is 11.3 Å². The molecule has 2 aromatic heterocycles. The lowest BCUT2D eigenvalue weighted by Crippen LogP contribution is -2.07. The minimum absolute atomic E-state index is 0.581. The van der Waals surface area contributed by atoms with Crippen LogP contribution in [0.15, 0.2) is 6.07 Å². The van der Waals surface area contributed by atoms with E-state index in [1.807, 2.05) is 7.05 Å². The first-order valence-electron chi connectivity index (χ1n) is 6.46. The van der Waals surface area contributed by atoms with Gasteiger partial charge in [-0.2, -0.15) is 4.98 Å². The minimum Gasteiger partial charge on any atom is -0.366 e. The highest BCUT2D eigenvalue weighted by Crippen LogP contribution is 2.36. The zero-order valence-electron chi connectivity index (χ0n) is 10.9. The van der Waals surface area contributed by atoms with Gasteiger partial charge in [-0.3, -0.25) is 0 Å². The molecule has 2 unspecified atom stereocenters. The molecule has 1 aliphatic rings. The molecule has 2 N–H and O–H groups in total. The predicted octanol–water partition coefficient (Wildman–Crippen LogP) is 3.12. The fourth-order valence-electron chi connectivity index (χ4n) is 2.07. The predicted molar refractivity (Wildman–Crippen MR) is 77.5 cm³/mol. The Morgan fingerprint density at radius 1 is 1.44 bits per heavy atom. The molecule has 0 saturated heterocycles. The number of anilines is 2. The van der Waals surface area contributed by atoms with Crippen LogP contribution < -0.4 is 10.6 Å². The lowest BCUT2D eigenvalue weighted by molar-refractivity contribution is 0.924. The van der Waals surface area contributed by atoms with Gasteiger partial charge in [0, 0.05) is 18.0 Å². The summed E-state index contributed by atoms with van der Waals surface area (Å²) in [6.07, 6.45) is 2.29. The van der Waals surface area contributed by atoms with Crippen molar-refractivity contribution in [3.8, 4) is 0 Å². The molecule has 0 aromatic carbocycles. The van der Waals surface area contributed by atoms with E-state index in [1.54, 1.807) is 11.3 Å². The molecule has 18 heavy (non-hydrogen) atoms. The fourth-order valence-corrected chi connectivity index (χ4v) is 3.03. The zero-order valence-corrected chi connectivity index (χ0v) is 11.8. The molecule has 3 rings (SSSR count). The van der Waals surface area contributed by atoms with Gasteiger partial charge in [-0.05, 0) is 24.8 Å². The lowest BCUT2D eigenvalue weighted by Gasteiger charge is -2.07. The van der Waals surface area contributed by atoms with Gasteiger partial charge in [0.15, 0.2) is 0 Å². The van der Waals surface area contributed by atoms with E-state index in [4.69, 9.17) is 0 Å². The van der Waals surface area contributed by atoms with Crippen molar-refractivity contribution in [3.05, 3.63) is 10.9 Å². The maximum Gasteiger partial charge on any atom is 0.225 e. The molecule has 0 aliphatic heterocycles. The highest BCUT2D eigenvalue weighted by molar-refractivity contribution is 7.18. The number of thiophene rings is 1. The summed E-state index contributed by atoms with van der Waals surface area (Å²) in [5, 5.41) is 7.73. The van der Waals surface area contributed by atoms with Crippen LogP contribution in [0.3, 0.4) is 0 Å². The second-order valence-corrected chi connectivity index (χ2v) is 6.01. The highest BCUT2D eigenvalue weighted by Gasteiger charge is 2.33. The number of hydrogen-bond acceptors (Lipinski definition) is 5. The van der Waals surface area contributed by atoms with Crippen molar-refractivity contribution in [2.45, 2.75) is 32.7 Å². The van der Waals surface area contributed by atoms with E-state index in [0.29, 0.717) is 12.0 Å². The molecule has 1 aliphatic carbocycles. The largest absolute Gasteiger partial charge is 0.366 e. The third-order valence-electron chi connectivity index (χ3n) is 3.45. The summed E-state index contributed by atoms with van der Waals surface area (Å²) in [6, 6.07) is 2.80. The standard InChI is InChI=1S/C13H18N4S/c1-4-8-6-9-11(15-10-5-7(10)2)16-13(14-3)17-12(9)18-8/h6-7,10H,4-5H2,1-3H3,(H2,14,15,16,17). The summed E-state index contributed by atoms with van der Waals surface area (Å²) in [5.41, 5.74) is 0. The van der Waals surface area contributed by atoms with Crippen molar-refractivity contribution < 1.29 is 0 Å². The third-order valence-corrected chi connectivity index (χ3v) is 4.62. The second-order valence-electron chi connectivity index (χ2n) is 4.89. The van der Waals surface area contributed by atoms with Crippen LogP contribution in [0.5, 0.6) is 0 Å². The minimum atomic E-state index is 0.581. The number of rotatable bonds is 4. The van der Waals surface area contributed by atoms with Crippen LogP contribution in [0, 0.1) is 5.92 Å². The highest BCUT2D eigenvalue weighted by atomic mass is 32.1. The van der Waals surface area contributed by atoms with Crippen molar-refractivity contribution in [2.24, 2.45) is 5.92 Å². The first-order chi connectivity index (χ1) is 8.71. The number of nitrogens with one attached hydrogen (secondary N) is 2. The molecular weight excluding hydrogens is 244 g/mol. The van der Waals surface area contributed by atoms with Crippen LogP contribution in [0.2, 0.25) is 0 Å². The van der Waals surface area contributed by atoms with Gasteiger partial charge < -0.3 is 10.6 Å². The van der Waals surface area contributed by atoms with Gasteiger partial charge >= 0.3 is 0 Å². The number of fused-ring (bicyclic) bond motifs is 1. The third kappa shape index (κ3) is 2.03. The Kier molecular flexibility index (Phi) is 2.86. The van der Waals surface area contributed by atoms with Crippen LogP contribution in [0.1, 0.15) is 25.1 Å². The van der Waals surface area contributed by atoms with Crippen LogP contribution in [0.25, 0.3) is 10.2 Å². The SMILES string of the molecule is CCc1cc2c(NC3CC3C)nc(NC)nc2s1. The topological polar surface area (TPSA) is 49.8 Å². The fraction of sp³-hybridized carbons (Fsp3) is 0.538. The lowest BCUT2D eigenvalue weighted by atomic mass is 10.3. The molecule has 2 aromatic rings. The van der Waals surface area contributed by atoms with Crippen LogP contribution in [-0.4, -0.2) is 23.1 Å². The zero-order chi connectivity index (χ0) is 12.7. The monoisotopic (exact) mass is 262 g/mol. The molecule has 0 radical (unpaired) electrons. The van der Waals surface area contributed by atoms with Crippen molar-refractivity contribution in [2.75, 3.05) is 17.7 Å². The first kappa shape index (κ1) is 11.7. The van der Waals surface area contributed by atoms with Gasteiger partial charge in [0.25, 0.3) is 0 Å². The smallest absolute Gasteiger partial charge is 0.225 e. The van der Waals surface area contributed by atoms with E-state index in [-0.39, 0.29) is 0 Å². The number of nitrogens with zero attached hydrogens (tertiary/aromatic N) is 2. The van der Waals surface area contributed by atoms with E-state index in [9.17, 15) is 0 Å². The Morgan fingerprint density at radius 2 is 2.22 bits per heavy atom. The number of aryl methyl sites for hydroxylation is 1. The molecule has 5 heteroatoms. The van der Waals surface area contributed by atoms with Crippen molar-refractivity contribution in [3.63, 3.8) is 0 Å². The van der Waals surface area contributed by atoms with Crippen LogP contribution in [0.4, 0.5) is 11.8 Å². The Balaban J connectivity index is 2.05. The van der Waals surface area contributed by atoms with Gasteiger partial charge in [0.2, 0.25) is 5.95 Å². The summed E-state index contributed by atoms with van der Waals surface area (Å²) >= 11 is 1.76. The normalized spacial score (nSPS) is 22.2. The van der Waals surface area contributed by atoms with E-state index in [2.05, 4.69) is 40.5 Å². The molecular formula is C13H18N4S. The maximum absolute atomic E-state index is 4.55. The summed E-state index contributed by atoms with van der Waals surface area (Å²) in [6.45, 7) is 4.44. The Labute approximate surface area is 111 Å². The first-order valence-corrected chi connectivity index (χ1v) is 7.27. The molecule has 96 valence electrons. The molecule has 0 amide bonds. The molecule has 2 heterocycles.